The van der Waals surface area contributed by atoms with E-state index in [-0.39, 0.29) is 12.1 Å². The molecule has 1 aromatic heterocycles. The Morgan fingerprint density at radius 1 is 1.75 bits per heavy atom. The Labute approximate surface area is 92.1 Å². The van der Waals surface area contributed by atoms with Crippen LogP contribution < -0.4 is 0 Å². The summed E-state index contributed by atoms with van der Waals surface area (Å²) in [7, 11) is 0. The van der Waals surface area contributed by atoms with Gasteiger partial charge in [-0.2, -0.15) is 0 Å². The maximum Gasteiger partial charge on any atom is 0.434 e. The molecule has 2 rings (SSSR count). The lowest BCUT2D eigenvalue weighted by atomic mass is 10.3. The first-order chi connectivity index (χ1) is 7.48. The van der Waals surface area contributed by atoms with E-state index in [2.05, 4.69) is 4.98 Å². The van der Waals surface area contributed by atoms with Crippen LogP contribution in [-0.2, 0) is 16.0 Å². The van der Waals surface area contributed by atoms with Crippen LogP contribution in [0.15, 0.2) is 12.4 Å². The van der Waals surface area contributed by atoms with Gasteiger partial charge in [0.15, 0.2) is 5.79 Å². The Bertz CT molecular complexity index is 401. The van der Waals surface area contributed by atoms with Gasteiger partial charge in [0.25, 0.3) is 0 Å². The molecule has 16 heavy (non-hydrogen) atoms. The highest BCUT2D eigenvalue weighted by molar-refractivity contribution is 5.06. The predicted molar refractivity (Wildman–Crippen MR) is 53.8 cm³/mol. The second kappa shape index (κ2) is 3.84. The summed E-state index contributed by atoms with van der Waals surface area (Å²) in [6, 6.07) is 0. The number of nitrogens with zero attached hydrogens (tertiary/aromatic N) is 3. The van der Waals surface area contributed by atoms with Gasteiger partial charge in [-0.25, -0.2) is 4.57 Å². The smallest absolute Gasteiger partial charge is 0.390 e. The molecule has 0 unspecified atom stereocenters. The summed E-state index contributed by atoms with van der Waals surface area (Å²) in [5, 5.41) is 10.6. The number of imidazole rings is 1. The van der Waals surface area contributed by atoms with Gasteiger partial charge in [-0.3, -0.25) is 0 Å². The minimum atomic E-state index is -0.611. The first-order valence-corrected chi connectivity index (χ1v) is 4.95. The van der Waals surface area contributed by atoms with Gasteiger partial charge in [-0.15, -0.1) is 0 Å². The monoisotopic (exact) mass is 227 g/mol. The van der Waals surface area contributed by atoms with Crippen molar-refractivity contribution in [1.82, 2.24) is 9.55 Å². The van der Waals surface area contributed by atoms with Crippen LogP contribution in [0.4, 0.5) is 5.95 Å². The Morgan fingerprint density at radius 3 is 3.06 bits per heavy atom. The molecule has 0 amide bonds. The zero-order valence-electron chi connectivity index (χ0n) is 9.12. The second-order valence-electron chi connectivity index (χ2n) is 4.09. The number of ether oxygens (including phenoxy) is 2. The molecule has 0 aliphatic carbocycles. The van der Waals surface area contributed by atoms with Crippen LogP contribution in [0.25, 0.3) is 0 Å². The van der Waals surface area contributed by atoms with Crippen LogP contribution in [0.5, 0.6) is 0 Å². The Morgan fingerprint density at radius 2 is 2.50 bits per heavy atom. The third-order valence-electron chi connectivity index (χ3n) is 2.32. The zero-order chi connectivity index (χ0) is 11.8. The van der Waals surface area contributed by atoms with Crippen molar-refractivity contribution in [1.29, 1.82) is 0 Å². The molecule has 1 aliphatic rings. The van der Waals surface area contributed by atoms with Crippen LogP contribution in [0.1, 0.15) is 13.8 Å². The van der Waals surface area contributed by atoms with Gasteiger partial charge in [0, 0.05) is 0 Å². The fourth-order valence-corrected chi connectivity index (χ4v) is 1.69. The average Bonchev–Trinajstić information content (AvgIpc) is 2.73. The van der Waals surface area contributed by atoms with Crippen LogP contribution in [0.2, 0.25) is 0 Å². The van der Waals surface area contributed by atoms with Gasteiger partial charge < -0.3 is 19.6 Å². The molecule has 0 spiro atoms. The van der Waals surface area contributed by atoms with Gasteiger partial charge in [0.1, 0.15) is 25.0 Å². The van der Waals surface area contributed by atoms with E-state index < -0.39 is 10.7 Å². The van der Waals surface area contributed by atoms with E-state index in [9.17, 15) is 10.1 Å². The van der Waals surface area contributed by atoms with Crippen molar-refractivity contribution in [2.75, 3.05) is 6.61 Å². The SMILES string of the molecule is CC1(C)OC[C@@H](Cn2ccnc2[N+](=O)[O-])O1. The predicted octanol–water partition coefficient (Wildman–Crippen LogP) is 0.943. The highest BCUT2D eigenvalue weighted by Gasteiger charge is 2.34. The van der Waals surface area contributed by atoms with Gasteiger partial charge in [0.2, 0.25) is 0 Å². The van der Waals surface area contributed by atoms with Gasteiger partial charge in [-0.05, 0) is 18.8 Å². The lowest BCUT2D eigenvalue weighted by molar-refractivity contribution is -0.397. The number of hydrogen-bond donors (Lipinski definition) is 0. The first kappa shape index (κ1) is 11.0. The van der Waals surface area contributed by atoms with E-state index >= 15 is 0 Å². The maximum atomic E-state index is 10.6. The molecule has 1 fully saturated rings. The van der Waals surface area contributed by atoms with Crippen molar-refractivity contribution in [2.45, 2.75) is 32.3 Å². The largest absolute Gasteiger partial charge is 0.434 e. The fraction of sp³-hybridized carbons (Fsp3) is 0.667. The van der Waals surface area contributed by atoms with Crippen molar-refractivity contribution in [3.8, 4) is 0 Å². The second-order valence-corrected chi connectivity index (χ2v) is 4.09. The third-order valence-corrected chi connectivity index (χ3v) is 2.32. The minimum Gasteiger partial charge on any atom is -0.390 e. The summed E-state index contributed by atoms with van der Waals surface area (Å²) in [6.45, 7) is 4.44. The number of aromatic nitrogens is 2. The highest BCUT2D eigenvalue weighted by atomic mass is 16.7. The molecule has 1 atom stereocenters. The third kappa shape index (κ3) is 2.20. The Balaban J connectivity index is 2.05. The normalized spacial score (nSPS) is 23.5. The molecular weight excluding hydrogens is 214 g/mol. The molecule has 7 nitrogen and oxygen atoms in total. The molecule has 1 aliphatic heterocycles. The Kier molecular flexibility index (Phi) is 2.64. The van der Waals surface area contributed by atoms with Crippen molar-refractivity contribution < 1.29 is 14.4 Å². The quantitative estimate of drug-likeness (QED) is 0.567. The molecule has 0 aromatic carbocycles. The topological polar surface area (TPSA) is 79.4 Å². The van der Waals surface area contributed by atoms with E-state index in [1.165, 1.54) is 10.8 Å². The van der Waals surface area contributed by atoms with Crippen molar-refractivity contribution in [3.63, 3.8) is 0 Å². The average molecular weight is 227 g/mol. The van der Waals surface area contributed by atoms with Crippen LogP contribution in [-0.4, -0.2) is 33.0 Å². The summed E-state index contributed by atoms with van der Waals surface area (Å²) in [4.78, 5) is 13.8. The zero-order valence-corrected chi connectivity index (χ0v) is 9.12. The molecule has 0 N–H and O–H groups in total. The van der Waals surface area contributed by atoms with E-state index in [0.717, 1.165) is 0 Å². The maximum absolute atomic E-state index is 10.6. The molecule has 0 bridgehead atoms. The summed E-state index contributed by atoms with van der Waals surface area (Å²) in [6.07, 6.45) is 2.79. The summed E-state index contributed by atoms with van der Waals surface area (Å²) in [5.41, 5.74) is 0. The number of rotatable bonds is 3. The lowest BCUT2D eigenvalue weighted by Gasteiger charge is -2.16. The molecule has 2 heterocycles. The molecule has 88 valence electrons. The van der Waals surface area contributed by atoms with E-state index in [1.807, 2.05) is 13.8 Å². The van der Waals surface area contributed by atoms with Gasteiger partial charge >= 0.3 is 5.95 Å². The number of hydrogen-bond acceptors (Lipinski definition) is 5. The van der Waals surface area contributed by atoms with Crippen molar-refractivity contribution in [2.24, 2.45) is 0 Å². The molecule has 0 saturated carbocycles. The van der Waals surface area contributed by atoms with Crippen molar-refractivity contribution >= 4 is 5.95 Å². The lowest BCUT2D eigenvalue weighted by Crippen LogP contribution is -2.24. The molecule has 7 heteroatoms. The standard InChI is InChI=1S/C9H13N3O4/c1-9(2)15-6-7(16-9)5-11-4-3-10-8(11)12(13)14/h3-4,7H,5-6H2,1-2H3/t7-/m1/s1. The summed E-state index contributed by atoms with van der Waals surface area (Å²) < 4.78 is 12.4. The van der Waals surface area contributed by atoms with E-state index in [1.54, 1.807) is 6.20 Å². The first-order valence-electron chi connectivity index (χ1n) is 4.95. The van der Waals surface area contributed by atoms with Crippen molar-refractivity contribution in [3.05, 3.63) is 22.5 Å². The number of nitro groups is 1. The molecule has 0 radical (unpaired) electrons. The van der Waals surface area contributed by atoms with Gasteiger partial charge in [-0.1, -0.05) is 4.98 Å². The molecular formula is C9H13N3O4. The van der Waals surface area contributed by atoms with Gasteiger partial charge in [0.05, 0.1) is 6.61 Å². The molecule has 1 aromatic rings. The van der Waals surface area contributed by atoms with Crippen LogP contribution >= 0.6 is 0 Å². The highest BCUT2D eigenvalue weighted by Crippen LogP contribution is 2.24. The Hall–Kier alpha value is -1.47. The summed E-state index contributed by atoms with van der Waals surface area (Å²) >= 11 is 0. The molecule has 1 saturated heterocycles. The summed E-state index contributed by atoms with van der Waals surface area (Å²) in [5.74, 6) is -0.784. The fourth-order valence-electron chi connectivity index (χ4n) is 1.69. The van der Waals surface area contributed by atoms with E-state index in [4.69, 9.17) is 9.47 Å². The van der Waals surface area contributed by atoms with Crippen LogP contribution in [0.3, 0.4) is 0 Å². The van der Waals surface area contributed by atoms with Crippen LogP contribution in [0, 0.1) is 10.1 Å². The van der Waals surface area contributed by atoms with E-state index in [0.29, 0.717) is 13.2 Å². The minimum absolute atomic E-state index is 0.173.